The molecule has 0 saturated carbocycles. The molecule has 4 rings (SSSR count). The van der Waals surface area contributed by atoms with Crippen molar-refractivity contribution >= 4 is 29.3 Å². The Bertz CT molecular complexity index is 976. The van der Waals surface area contributed by atoms with Crippen molar-refractivity contribution < 1.29 is 23.9 Å². The van der Waals surface area contributed by atoms with Crippen molar-refractivity contribution in [3.8, 4) is 11.5 Å². The van der Waals surface area contributed by atoms with Crippen molar-refractivity contribution in [2.45, 2.75) is 12.5 Å². The first-order chi connectivity index (χ1) is 12.9. The summed E-state index contributed by atoms with van der Waals surface area (Å²) in [5.41, 5.74) is -0.506. The van der Waals surface area contributed by atoms with Crippen LogP contribution in [0, 0.1) is 0 Å². The highest BCUT2D eigenvalue weighted by Crippen LogP contribution is 2.37. The number of nitrogens with one attached hydrogen (secondary N) is 1. The van der Waals surface area contributed by atoms with Crippen LogP contribution in [0.3, 0.4) is 0 Å². The highest BCUT2D eigenvalue weighted by molar-refractivity contribution is 6.34. The molecule has 7 nitrogen and oxygen atoms in total. The number of rotatable bonds is 4. The van der Waals surface area contributed by atoms with Crippen LogP contribution in [0.2, 0.25) is 5.02 Å². The number of ether oxygens (including phenoxy) is 2. The summed E-state index contributed by atoms with van der Waals surface area (Å²) in [5.74, 6) is 0.136. The molecule has 2 aliphatic heterocycles. The third kappa shape index (κ3) is 2.80. The second-order valence-corrected chi connectivity index (χ2v) is 6.82. The first-order valence-electron chi connectivity index (χ1n) is 8.22. The van der Waals surface area contributed by atoms with Crippen LogP contribution in [0.5, 0.6) is 11.5 Å². The maximum Gasteiger partial charge on any atom is 0.325 e. The molecule has 0 spiro atoms. The van der Waals surface area contributed by atoms with Gasteiger partial charge in [-0.3, -0.25) is 14.5 Å². The van der Waals surface area contributed by atoms with E-state index in [-0.39, 0.29) is 17.4 Å². The van der Waals surface area contributed by atoms with Gasteiger partial charge in [-0.05, 0) is 36.8 Å². The van der Waals surface area contributed by atoms with Gasteiger partial charge in [-0.15, -0.1) is 0 Å². The Kier molecular flexibility index (Phi) is 4.04. The quantitative estimate of drug-likeness (QED) is 0.645. The molecular weight excluding hydrogens is 372 g/mol. The summed E-state index contributed by atoms with van der Waals surface area (Å²) in [6, 6.07) is 10.9. The SMILES string of the molecule is C[C@]1(c2ccc3c(c2)OCO3)NC(=O)N(CC(=O)c2ccccc2Cl)C1=O. The van der Waals surface area contributed by atoms with Crippen LogP contribution < -0.4 is 14.8 Å². The minimum absolute atomic E-state index is 0.105. The number of benzene rings is 2. The van der Waals surface area contributed by atoms with Gasteiger partial charge in [-0.2, -0.15) is 0 Å². The molecule has 1 fully saturated rings. The second kappa shape index (κ2) is 6.28. The molecule has 138 valence electrons. The summed E-state index contributed by atoms with van der Waals surface area (Å²) in [6.45, 7) is 1.30. The first-order valence-corrected chi connectivity index (χ1v) is 8.60. The fraction of sp³-hybridized carbons (Fsp3) is 0.211. The smallest absolute Gasteiger partial charge is 0.325 e. The Morgan fingerprint density at radius 2 is 1.93 bits per heavy atom. The summed E-state index contributed by atoms with van der Waals surface area (Å²) in [7, 11) is 0. The predicted molar refractivity (Wildman–Crippen MR) is 95.9 cm³/mol. The number of carbonyl (C=O) groups excluding carboxylic acids is 3. The van der Waals surface area contributed by atoms with Crippen molar-refractivity contribution in [3.05, 3.63) is 58.6 Å². The zero-order chi connectivity index (χ0) is 19.2. The predicted octanol–water partition coefficient (Wildman–Crippen LogP) is 2.72. The molecule has 0 unspecified atom stereocenters. The van der Waals surface area contributed by atoms with Gasteiger partial charge in [0.1, 0.15) is 5.54 Å². The average molecular weight is 387 g/mol. The fourth-order valence-electron chi connectivity index (χ4n) is 3.16. The lowest BCUT2D eigenvalue weighted by molar-refractivity contribution is -0.130. The third-order valence-electron chi connectivity index (χ3n) is 4.70. The number of carbonyl (C=O) groups is 3. The Morgan fingerprint density at radius 1 is 1.19 bits per heavy atom. The van der Waals surface area contributed by atoms with Crippen molar-refractivity contribution in [1.29, 1.82) is 0 Å². The molecule has 0 aliphatic carbocycles. The molecule has 2 aliphatic rings. The number of hydrogen-bond acceptors (Lipinski definition) is 5. The lowest BCUT2D eigenvalue weighted by Gasteiger charge is -2.22. The van der Waals surface area contributed by atoms with Crippen molar-refractivity contribution in [2.24, 2.45) is 0 Å². The molecule has 1 N–H and O–H groups in total. The van der Waals surface area contributed by atoms with E-state index in [2.05, 4.69) is 5.32 Å². The van der Waals surface area contributed by atoms with Crippen LogP contribution in [0.4, 0.5) is 4.79 Å². The summed E-state index contributed by atoms with van der Waals surface area (Å²) in [5, 5.41) is 2.94. The van der Waals surface area contributed by atoms with E-state index in [4.69, 9.17) is 21.1 Å². The molecule has 0 radical (unpaired) electrons. The van der Waals surface area contributed by atoms with Gasteiger partial charge in [0.05, 0.1) is 11.6 Å². The average Bonchev–Trinajstić information content (AvgIpc) is 3.20. The lowest BCUT2D eigenvalue weighted by atomic mass is 9.91. The summed E-state index contributed by atoms with van der Waals surface area (Å²) in [6.07, 6.45) is 0. The van der Waals surface area contributed by atoms with E-state index in [1.165, 1.54) is 0 Å². The topological polar surface area (TPSA) is 84.9 Å². The normalized spacial score (nSPS) is 20.7. The van der Waals surface area contributed by atoms with Crippen LogP contribution in [-0.4, -0.2) is 36.0 Å². The zero-order valence-electron chi connectivity index (χ0n) is 14.3. The highest BCUT2D eigenvalue weighted by atomic mass is 35.5. The summed E-state index contributed by atoms with van der Waals surface area (Å²) >= 11 is 6.03. The Morgan fingerprint density at radius 3 is 2.70 bits per heavy atom. The number of urea groups is 1. The van der Waals surface area contributed by atoms with Gasteiger partial charge >= 0.3 is 6.03 Å². The number of Topliss-reactive ketones (excluding diaryl/α,β-unsaturated/α-hetero) is 1. The standard InChI is InChI=1S/C19H15ClN2O5/c1-19(11-6-7-15-16(8-11)27-10-26-15)17(24)22(18(25)21-19)9-14(23)12-4-2-3-5-13(12)20/h2-8H,9-10H2,1H3,(H,21,25)/t19-/m1/s1. The molecule has 27 heavy (non-hydrogen) atoms. The molecule has 2 aromatic rings. The van der Waals surface area contributed by atoms with E-state index in [0.29, 0.717) is 17.1 Å². The second-order valence-electron chi connectivity index (χ2n) is 6.42. The van der Waals surface area contributed by atoms with E-state index in [1.54, 1.807) is 49.4 Å². The van der Waals surface area contributed by atoms with Crippen LogP contribution in [-0.2, 0) is 10.3 Å². The van der Waals surface area contributed by atoms with E-state index >= 15 is 0 Å². The van der Waals surface area contributed by atoms with E-state index < -0.39 is 29.8 Å². The molecule has 3 amide bonds. The van der Waals surface area contributed by atoms with Gasteiger partial charge in [0.15, 0.2) is 17.3 Å². The van der Waals surface area contributed by atoms with Crippen molar-refractivity contribution in [3.63, 3.8) is 0 Å². The maximum atomic E-state index is 13.0. The highest BCUT2D eigenvalue weighted by Gasteiger charge is 2.50. The largest absolute Gasteiger partial charge is 0.454 e. The Labute approximate surface area is 159 Å². The zero-order valence-corrected chi connectivity index (χ0v) is 15.1. The number of nitrogens with zero attached hydrogens (tertiary/aromatic N) is 1. The Hall–Kier alpha value is -3.06. The fourth-order valence-corrected chi connectivity index (χ4v) is 3.40. The van der Waals surface area contributed by atoms with E-state index in [0.717, 1.165) is 4.90 Å². The summed E-state index contributed by atoms with van der Waals surface area (Å²) < 4.78 is 10.6. The number of halogens is 1. The van der Waals surface area contributed by atoms with Gasteiger partial charge in [0, 0.05) is 5.56 Å². The van der Waals surface area contributed by atoms with Crippen molar-refractivity contribution in [2.75, 3.05) is 13.3 Å². The van der Waals surface area contributed by atoms with Gasteiger partial charge in [-0.1, -0.05) is 29.8 Å². The number of fused-ring (bicyclic) bond motifs is 1. The molecule has 1 atom stereocenters. The number of imide groups is 1. The first kappa shape index (κ1) is 17.4. The van der Waals surface area contributed by atoms with Crippen molar-refractivity contribution in [1.82, 2.24) is 10.2 Å². The molecule has 8 heteroatoms. The molecule has 0 aromatic heterocycles. The van der Waals surface area contributed by atoms with Crippen LogP contribution in [0.15, 0.2) is 42.5 Å². The van der Waals surface area contributed by atoms with E-state index in [9.17, 15) is 14.4 Å². The van der Waals surface area contributed by atoms with Gasteiger partial charge < -0.3 is 14.8 Å². The van der Waals surface area contributed by atoms with Crippen LogP contribution in [0.25, 0.3) is 0 Å². The minimum Gasteiger partial charge on any atom is -0.454 e. The molecule has 0 bridgehead atoms. The number of ketones is 1. The monoisotopic (exact) mass is 386 g/mol. The maximum absolute atomic E-state index is 13.0. The molecule has 1 saturated heterocycles. The van der Waals surface area contributed by atoms with Gasteiger partial charge in [0.25, 0.3) is 5.91 Å². The van der Waals surface area contributed by atoms with Crippen LogP contribution in [0.1, 0.15) is 22.8 Å². The number of amides is 3. The summed E-state index contributed by atoms with van der Waals surface area (Å²) in [4.78, 5) is 38.8. The molecule has 2 aromatic carbocycles. The number of hydrogen-bond donors (Lipinski definition) is 1. The minimum atomic E-state index is -1.31. The Balaban J connectivity index is 1.60. The van der Waals surface area contributed by atoms with Gasteiger partial charge in [-0.25, -0.2) is 4.79 Å². The molecular formula is C19H15ClN2O5. The van der Waals surface area contributed by atoms with Crippen LogP contribution >= 0.6 is 11.6 Å². The van der Waals surface area contributed by atoms with Gasteiger partial charge in [0.2, 0.25) is 6.79 Å². The molecule has 2 heterocycles. The third-order valence-corrected chi connectivity index (χ3v) is 5.03. The lowest BCUT2D eigenvalue weighted by Crippen LogP contribution is -2.41. The van der Waals surface area contributed by atoms with E-state index in [1.807, 2.05) is 0 Å².